The summed E-state index contributed by atoms with van der Waals surface area (Å²) in [6.07, 6.45) is 2.67. The molecule has 2 rings (SSSR count). The lowest BCUT2D eigenvalue weighted by Gasteiger charge is -2.14. The lowest BCUT2D eigenvalue weighted by Crippen LogP contribution is -2.04. The monoisotopic (exact) mass is 308 g/mol. The topological polar surface area (TPSA) is 121 Å². The molecule has 1 aromatic carbocycles. The van der Waals surface area contributed by atoms with Gasteiger partial charge in [0, 0.05) is 17.4 Å². The van der Waals surface area contributed by atoms with Crippen molar-refractivity contribution in [3.05, 3.63) is 38.9 Å². The Bertz CT molecular complexity index is 751. The van der Waals surface area contributed by atoms with Crippen LogP contribution in [0.1, 0.15) is 12.5 Å². The molecule has 0 bridgehead atoms. The Balaban J connectivity index is 2.44. The molecular weight excluding hydrogens is 298 g/mol. The van der Waals surface area contributed by atoms with Gasteiger partial charge in [0.25, 0.3) is 5.69 Å². The maximum absolute atomic E-state index is 11.8. The molecule has 1 heterocycles. The quantitative estimate of drug-likeness (QED) is 0.383. The highest BCUT2D eigenvalue weighted by molar-refractivity contribution is 7.71. The van der Waals surface area contributed by atoms with E-state index in [1.165, 1.54) is 23.3 Å². The highest BCUT2D eigenvalue weighted by Crippen LogP contribution is 2.34. The number of H-pyrrole nitrogens is 1. The summed E-state index contributed by atoms with van der Waals surface area (Å²) in [5, 5.41) is 32.8. The second kappa shape index (κ2) is 6.13. The van der Waals surface area contributed by atoms with Gasteiger partial charge in [0.2, 0.25) is 4.77 Å². The van der Waals surface area contributed by atoms with Crippen molar-refractivity contribution >= 4 is 24.1 Å². The zero-order valence-electron chi connectivity index (χ0n) is 10.8. The van der Waals surface area contributed by atoms with Gasteiger partial charge in [-0.05, 0) is 25.2 Å². The maximum atomic E-state index is 11.8. The molecule has 1 aromatic heterocycles. The van der Waals surface area contributed by atoms with E-state index in [0.29, 0.717) is 5.56 Å². The summed E-state index contributed by atoms with van der Waals surface area (Å²) in [7, 11) is 0. The molecule has 0 aliphatic heterocycles. The van der Waals surface area contributed by atoms with Crippen molar-refractivity contribution in [2.45, 2.75) is 6.92 Å². The van der Waals surface area contributed by atoms with Crippen molar-refractivity contribution in [3.8, 4) is 11.5 Å². The third kappa shape index (κ3) is 3.23. The molecule has 9 nitrogen and oxygen atoms in total. The van der Waals surface area contributed by atoms with Crippen LogP contribution in [0.3, 0.4) is 0 Å². The van der Waals surface area contributed by atoms with Gasteiger partial charge in [0.05, 0.1) is 17.7 Å². The van der Waals surface area contributed by atoms with Crippen LogP contribution in [0.5, 0.6) is 11.5 Å². The second-order valence-electron chi connectivity index (χ2n) is 3.81. The first kappa shape index (κ1) is 14.7. The highest BCUT2D eigenvalue weighted by Gasteiger charge is 2.13. The van der Waals surface area contributed by atoms with Crippen LogP contribution < -0.4 is 9.84 Å². The summed E-state index contributed by atoms with van der Waals surface area (Å²) in [5.74, 6) is -0.858. The average molecular weight is 308 g/mol. The van der Waals surface area contributed by atoms with Crippen molar-refractivity contribution in [2.75, 3.05) is 6.61 Å². The summed E-state index contributed by atoms with van der Waals surface area (Å²) in [6, 6.07) is 2.50. The fourth-order valence-corrected chi connectivity index (χ4v) is 1.68. The number of aromatic nitrogens is 3. The van der Waals surface area contributed by atoms with E-state index in [4.69, 9.17) is 17.0 Å². The van der Waals surface area contributed by atoms with Gasteiger partial charge in [0.15, 0.2) is 0 Å². The molecule has 0 unspecified atom stereocenters. The molecule has 0 fully saturated rings. The molecule has 0 spiro atoms. The Hall–Kier alpha value is -2.75. The number of benzene rings is 1. The first-order valence-electron chi connectivity index (χ1n) is 5.81. The average Bonchev–Trinajstić information content (AvgIpc) is 2.85. The number of nitro benzene ring substituents is 1. The molecule has 0 aliphatic carbocycles. The summed E-state index contributed by atoms with van der Waals surface area (Å²) < 4.78 is 6.64. The van der Waals surface area contributed by atoms with Gasteiger partial charge in [-0.25, -0.2) is 0 Å². The van der Waals surface area contributed by atoms with Crippen molar-refractivity contribution in [3.63, 3.8) is 0 Å². The maximum Gasteiger partial charge on any atom is 0.266 e. The molecule has 21 heavy (non-hydrogen) atoms. The van der Waals surface area contributed by atoms with Crippen LogP contribution in [-0.4, -0.2) is 32.6 Å². The van der Waals surface area contributed by atoms with Crippen LogP contribution in [0.2, 0.25) is 0 Å². The van der Waals surface area contributed by atoms with Crippen LogP contribution in [-0.2, 0) is 0 Å². The number of rotatable bonds is 5. The molecule has 0 saturated heterocycles. The second-order valence-corrected chi connectivity index (χ2v) is 4.19. The number of hydrogen-bond donors (Lipinski definition) is 1. The van der Waals surface area contributed by atoms with E-state index < -0.39 is 16.4 Å². The number of aromatic amines is 1. The molecule has 1 N–H and O–H groups in total. The molecule has 0 aliphatic rings. The van der Waals surface area contributed by atoms with Crippen LogP contribution in [0.15, 0.2) is 23.6 Å². The van der Waals surface area contributed by atoms with Crippen molar-refractivity contribution in [1.82, 2.24) is 14.9 Å². The molecule has 0 atom stereocenters. The number of nitrogens with one attached hydrogen (secondary N) is 1. The Morgan fingerprint density at radius 3 is 2.95 bits per heavy atom. The van der Waals surface area contributed by atoms with Gasteiger partial charge >= 0.3 is 0 Å². The van der Waals surface area contributed by atoms with Crippen molar-refractivity contribution in [1.29, 1.82) is 0 Å². The molecule has 10 heteroatoms. The first-order valence-corrected chi connectivity index (χ1v) is 6.22. The molecule has 0 radical (unpaired) electrons. The Kier molecular flexibility index (Phi) is 4.28. The van der Waals surface area contributed by atoms with Crippen molar-refractivity contribution in [2.24, 2.45) is 5.10 Å². The molecule has 2 aromatic rings. The summed E-state index contributed by atoms with van der Waals surface area (Å²) >= 11 is 4.90. The third-order valence-corrected chi connectivity index (χ3v) is 2.70. The van der Waals surface area contributed by atoms with Crippen LogP contribution >= 0.6 is 12.2 Å². The highest BCUT2D eigenvalue weighted by atomic mass is 32.1. The summed E-state index contributed by atoms with van der Waals surface area (Å²) in [4.78, 5) is 10.1. The van der Waals surface area contributed by atoms with Gasteiger partial charge < -0.3 is 9.84 Å². The molecular formula is C11H10N5O4S-. The van der Waals surface area contributed by atoms with Gasteiger partial charge in [-0.15, -0.1) is 0 Å². The molecule has 0 amide bonds. The fraction of sp³-hybridized carbons (Fsp3) is 0.182. The van der Waals surface area contributed by atoms with E-state index in [-0.39, 0.29) is 17.1 Å². The Morgan fingerprint density at radius 1 is 1.62 bits per heavy atom. The van der Waals surface area contributed by atoms with Crippen LogP contribution in [0.25, 0.3) is 0 Å². The van der Waals surface area contributed by atoms with E-state index in [1.54, 1.807) is 6.92 Å². The number of ether oxygens (including phenoxy) is 1. The minimum atomic E-state index is -0.765. The smallest absolute Gasteiger partial charge is 0.266 e. The zero-order chi connectivity index (χ0) is 15.4. The van der Waals surface area contributed by atoms with E-state index >= 15 is 0 Å². The molecule has 110 valence electrons. The lowest BCUT2D eigenvalue weighted by atomic mass is 10.2. The predicted molar refractivity (Wildman–Crippen MR) is 74.1 cm³/mol. The van der Waals surface area contributed by atoms with Crippen molar-refractivity contribution < 1.29 is 14.8 Å². The van der Waals surface area contributed by atoms with E-state index in [2.05, 4.69) is 15.3 Å². The summed E-state index contributed by atoms with van der Waals surface area (Å²) in [5.41, 5.74) is -0.231. The van der Waals surface area contributed by atoms with Gasteiger partial charge in [-0.1, -0.05) is 0 Å². The van der Waals surface area contributed by atoms with Gasteiger partial charge in [-0.3, -0.25) is 15.2 Å². The van der Waals surface area contributed by atoms with E-state index in [1.807, 2.05) is 0 Å². The number of hydrogen-bond acceptors (Lipinski definition) is 7. The third-order valence-electron chi connectivity index (χ3n) is 2.42. The predicted octanol–water partition coefficient (Wildman–Crippen LogP) is 1.20. The summed E-state index contributed by atoms with van der Waals surface area (Å²) in [6.45, 7) is 1.90. The standard InChI is InChI=1S/C11H11N5O4S/c1-2-20-9-4-7(3-8(10(9)17)16(18)19)5-13-15-6-12-14-11(15)21/h3-6,17H,2H2,1H3,(H,14,21)/p-1/b13-5-. The van der Waals surface area contributed by atoms with Gasteiger partial charge in [-0.2, -0.15) is 14.9 Å². The van der Waals surface area contributed by atoms with Crippen LogP contribution in [0.4, 0.5) is 5.69 Å². The first-order chi connectivity index (χ1) is 10.0. The van der Waals surface area contributed by atoms with E-state index in [9.17, 15) is 15.2 Å². The fourth-order valence-electron chi connectivity index (χ4n) is 1.53. The molecule has 0 saturated carbocycles. The minimum absolute atomic E-state index is 0.0936. The van der Waals surface area contributed by atoms with Gasteiger partial charge in [0.1, 0.15) is 12.1 Å². The Labute approximate surface area is 123 Å². The normalized spacial score (nSPS) is 10.9. The van der Waals surface area contributed by atoms with E-state index in [0.717, 1.165) is 6.07 Å². The lowest BCUT2D eigenvalue weighted by molar-refractivity contribution is -0.398. The minimum Gasteiger partial charge on any atom is -0.865 e. The Morgan fingerprint density at radius 2 is 2.38 bits per heavy atom. The zero-order valence-corrected chi connectivity index (χ0v) is 11.7. The largest absolute Gasteiger partial charge is 0.865 e. The SMILES string of the molecule is CCOc1cc(/C=N\n2cn[nH]c2=S)cc([N+](=O)[O-])c1[O-]. The van der Waals surface area contributed by atoms with Crippen LogP contribution in [0, 0.1) is 14.9 Å². The number of nitrogens with zero attached hydrogens (tertiary/aromatic N) is 4. The number of nitro groups is 1.